The van der Waals surface area contributed by atoms with Crippen LogP contribution in [0, 0.1) is 11.8 Å². The third kappa shape index (κ3) is 4.29. The lowest BCUT2D eigenvalue weighted by Gasteiger charge is -2.21. The minimum Gasteiger partial charge on any atom is -0.481 e. The maximum absolute atomic E-state index is 11.9. The van der Waals surface area contributed by atoms with Crippen LogP contribution >= 0.6 is 12.6 Å². The number of aliphatic imine (C=N–C) groups is 1. The van der Waals surface area contributed by atoms with Crippen LogP contribution in [0.15, 0.2) is 17.1 Å². The fourth-order valence-electron chi connectivity index (χ4n) is 1.89. The Kier molecular flexibility index (Phi) is 6.12. The van der Waals surface area contributed by atoms with Gasteiger partial charge in [-0.2, -0.15) is 12.6 Å². The predicted molar refractivity (Wildman–Crippen MR) is 74.2 cm³/mol. The largest absolute Gasteiger partial charge is 0.481 e. The Bertz CT molecular complexity index is 365. The standard InChI is InChI=1S/C13H19NO3S/c1-2-9(18)7-8-14-12(15)10-5-3-4-6-11(10)13(16)17/h4,6,8-11,18H,2-3,5,7H2,1H3,(H,16,17). The van der Waals surface area contributed by atoms with Gasteiger partial charge in [0, 0.05) is 11.5 Å². The summed E-state index contributed by atoms with van der Waals surface area (Å²) in [7, 11) is 0. The molecule has 0 fully saturated rings. The van der Waals surface area contributed by atoms with Gasteiger partial charge < -0.3 is 5.11 Å². The molecule has 3 atom stereocenters. The van der Waals surface area contributed by atoms with Gasteiger partial charge in [0.25, 0.3) is 0 Å². The first-order valence-electron chi connectivity index (χ1n) is 6.20. The molecular weight excluding hydrogens is 250 g/mol. The number of allylic oxidation sites excluding steroid dienone is 1. The first-order chi connectivity index (χ1) is 8.56. The highest BCUT2D eigenvalue weighted by Crippen LogP contribution is 2.26. The molecular formula is C13H19NO3S. The van der Waals surface area contributed by atoms with Crippen LogP contribution in [-0.2, 0) is 9.59 Å². The Balaban J connectivity index is 2.59. The fraction of sp³-hybridized carbons (Fsp3) is 0.615. The summed E-state index contributed by atoms with van der Waals surface area (Å²) in [6.07, 6.45) is 7.80. The lowest BCUT2D eigenvalue weighted by atomic mass is 9.83. The Labute approximate surface area is 113 Å². The second-order valence-electron chi connectivity index (χ2n) is 4.42. The fourth-order valence-corrected chi connectivity index (χ4v) is 1.98. The van der Waals surface area contributed by atoms with E-state index in [1.54, 1.807) is 12.3 Å². The van der Waals surface area contributed by atoms with E-state index in [0.29, 0.717) is 12.8 Å². The van der Waals surface area contributed by atoms with Crippen molar-refractivity contribution in [3.63, 3.8) is 0 Å². The van der Waals surface area contributed by atoms with E-state index in [1.807, 2.05) is 13.0 Å². The van der Waals surface area contributed by atoms with Crippen LogP contribution in [-0.4, -0.2) is 28.4 Å². The van der Waals surface area contributed by atoms with Crippen LogP contribution < -0.4 is 0 Å². The Morgan fingerprint density at radius 2 is 2.33 bits per heavy atom. The molecule has 0 aromatic carbocycles. The Morgan fingerprint density at radius 3 is 2.94 bits per heavy atom. The second kappa shape index (κ2) is 7.36. The van der Waals surface area contributed by atoms with Crippen molar-refractivity contribution in [2.75, 3.05) is 0 Å². The number of carboxylic acid groups (broad SMARTS) is 1. The molecule has 0 aromatic rings. The number of nitrogens with zero attached hydrogens (tertiary/aromatic N) is 1. The lowest BCUT2D eigenvalue weighted by molar-refractivity contribution is -0.144. The van der Waals surface area contributed by atoms with Crippen LogP contribution in [0.4, 0.5) is 0 Å². The molecule has 0 aromatic heterocycles. The van der Waals surface area contributed by atoms with E-state index < -0.39 is 17.8 Å². The molecule has 5 heteroatoms. The molecule has 1 amide bonds. The van der Waals surface area contributed by atoms with E-state index in [9.17, 15) is 9.59 Å². The molecule has 1 aliphatic carbocycles. The van der Waals surface area contributed by atoms with Gasteiger partial charge in [-0.1, -0.05) is 19.1 Å². The van der Waals surface area contributed by atoms with E-state index in [0.717, 1.165) is 12.8 Å². The van der Waals surface area contributed by atoms with Crippen LogP contribution in [0.3, 0.4) is 0 Å². The van der Waals surface area contributed by atoms with Crippen LogP contribution in [0.5, 0.6) is 0 Å². The molecule has 0 saturated heterocycles. The summed E-state index contributed by atoms with van der Waals surface area (Å²) < 4.78 is 0. The van der Waals surface area contributed by atoms with Gasteiger partial charge in [0.1, 0.15) is 0 Å². The number of hydrogen-bond acceptors (Lipinski definition) is 3. The van der Waals surface area contributed by atoms with Gasteiger partial charge in [-0.3, -0.25) is 9.59 Å². The van der Waals surface area contributed by atoms with Crippen molar-refractivity contribution in [2.24, 2.45) is 16.8 Å². The monoisotopic (exact) mass is 269 g/mol. The van der Waals surface area contributed by atoms with Crippen molar-refractivity contribution in [1.82, 2.24) is 0 Å². The highest BCUT2D eigenvalue weighted by Gasteiger charge is 2.32. The first-order valence-corrected chi connectivity index (χ1v) is 6.71. The van der Waals surface area contributed by atoms with Crippen LogP contribution in [0.2, 0.25) is 0 Å². The third-order valence-electron chi connectivity index (χ3n) is 3.09. The topological polar surface area (TPSA) is 66.7 Å². The predicted octanol–water partition coefficient (Wildman–Crippen LogP) is 2.35. The van der Waals surface area contributed by atoms with Gasteiger partial charge in [0.2, 0.25) is 5.91 Å². The van der Waals surface area contributed by atoms with E-state index >= 15 is 0 Å². The summed E-state index contributed by atoms with van der Waals surface area (Å²) in [5, 5.41) is 9.24. The SMILES string of the molecule is CCC(S)CC=NC(=O)C1CCC=CC1C(=O)O. The molecule has 3 unspecified atom stereocenters. The first kappa shape index (κ1) is 15.0. The highest BCUT2D eigenvalue weighted by atomic mass is 32.1. The third-order valence-corrected chi connectivity index (χ3v) is 3.67. The maximum atomic E-state index is 11.9. The van der Waals surface area contributed by atoms with Crippen molar-refractivity contribution in [2.45, 2.75) is 37.9 Å². The average Bonchev–Trinajstić information content (AvgIpc) is 2.38. The second-order valence-corrected chi connectivity index (χ2v) is 5.15. The molecule has 0 saturated carbocycles. The molecule has 1 rings (SSSR count). The minimum atomic E-state index is -0.958. The van der Waals surface area contributed by atoms with Gasteiger partial charge in [-0.05, 0) is 25.7 Å². The molecule has 4 nitrogen and oxygen atoms in total. The normalized spacial score (nSPS) is 25.2. The van der Waals surface area contributed by atoms with Crippen molar-refractivity contribution in [3.8, 4) is 0 Å². The molecule has 0 spiro atoms. The summed E-state index contributed by atoms with van der Waals surface area (Å²) in [6, 6.07) is 0. The van der Waals surface area contributed by atoms with Crippen molar-refractivity contribution in [3.05, 3.63) is 12.2 Å². The number of rotatable bonds is 5. The van der Waals surface area contributed by atoms with E-state index in [-0.39, 0.29) is 11.2 Å². The summed E-state index contributed by atoms with van der Waals surface area (Å²) >= 11 is 4.30. The zero-order chi connectivity index (χ0) is 13.5. The number of carboxylic acids is 1. The highest BCUT2D eigenvalue weighted by molar-refractivity contribution is 7.81. The molecule has 1 aliphatic rings. The van der Waals surface area contributed by atoms with Gasteiger partial charge in [0.05, 0.1) is 11.8 Å². The molecule has 0 radical (unpaired) electrons. The number of carbonyl (C=O) groups is 2. The lowest BCUT2D eigenvalue weighted by Crippen LogP contribution is -2.29. The number of hydrogen-bond donors (Lipinski definition) is 2. The van der Waals surface area contributed by atoms with Crippen LogP contribution in [0.25, 0.3) is 0 Å². The smallest absolute Gasteiger partial charge is 0.311 e. The zero-order valence-electron chi connectivity index (χ0n) is 10.5. The van der Waals surface area contributed by atoms with Crippen molar-refractivity contribution < 1.29 is 14.7 Å². The van der Waals surface area contributed by atoms with Gasteiger partial charge in [-0.25, -0.2) is 4.99 Å². The summed E-state index contributed by atoms with van der Waals surface area (Å²) in [5.41, 5.74) is 0. The summed E-state index contributed by atoms with van der Waals surface area (Å²) in [5.74, 6) is -2.55. The van der Waals surface area contributed by atoms with E-state index in [4.69, 9.17) is 5.11 Å². The van der Waals surface area contributed by atoms with Crippen molar-refractivity contribution >= 4 is 30.7 Å². The van der Waals surface area contributed by atoms with Crippen LogP contribution in [0.1, 0.15) is 32.6 Å². The number of carbonyl (C=O) groups excluding carboxylic acids is 1. The molecule has 0 heterocycles. The van der Waals surface area contributed by atoms with E-state index in [1.165, 1.54) is 0 Å². The summed E-state index contributed by atoms with van der Waals surface area (Å²) in [4.78, 5) is 26.8. The molecule has 18 heavy (non-hydrogen) atoms. The van der Waals surface area contributed by atoms with Gasteiger partial charge in [-0.15, -0.1) is 0 Å². The van der Waals surface area contributed by atoms with E-state index in [2.05, 4.69) is 17.6 Å². The average molecular weight is 269 g/mol. The van der Waals surface area contributed by atoms with Gasteiger partial charge in [0.15, 0.2) is 0 Å². The minimum absolute atomic E-state index is 0.197. The molecule has 0 aliphatic heterocycles. The zero-order valence-corrected chi connectivity index (χ0v) is 11.3. The molecule has 100 valence electrons. The number of amides is 1. The van der Waals surface area contributed by atoms with Gasteiger partial charge >= 0.3 is 5.97 Å². The maximum Gasteiger partial charge on any atom is 0.311 e. The molecule has 0 bridgehead atoms. The molecule has 1 N–H and O–H groups in total. The Hall–Kier alpha value is -1.10. The summed E-state index contributed by atoms with van der Waals surface area (Å²) in [6.45, 7) is 2.01. The number of aliphatic carboxylic acids is 1. The number of thiol groups is 1. The quantitative estimate of drug-likeness (QED) is 0.457. The van der Waals surface area contributed by atoms with Crippen molar-refractivity contribution in [1.29, 1.82) is 0 Å². The Morgan fingerprint density at radius 1 is 1.61 bits per heavy atom.